The molecule has 23 heavy (non-hydrogen) atoms. The Morgan fingerprint density at radius 1 is 1.43 bits per heavy atom. The van der Waals surface area contributed by atoms with Crippen molar-refractivity contribution in [2.75, 3.05) is 40.0 Å². The summed E-state index contributed by atoms with van der Waals surface area (Å²) in [4.78, 5) is 12.2. The van der Waals surface area contributed by atoms with Gasteiger partial charge in [0.2, 0.25) is 0 Å². The third-order valence-electron chi connectivity index (χ3n) is 2.89. The largest absolute Gasteiger partial charge is 0.464 e. The second-order valence-electron chi connectivity index (χ2n) is 5.07. The quantitative estimate of drug-likeness (QED) is 0.308. The van der Waals surface area contributed by atoms with Crippen LogP contribution in [0.25, 0.3) is 0 Å². The summed E-state index contributed by atoms with van der Waals surface area (Å²) < 4.78 is 5.70. The number of furan rings is 1. The fraction of sp³-hybridized carbons (Fsp3) is 0.571. The number of nitrogens with zero attached hydrogens (tertiary/aromatic N) is 2. The van der Waals surface area contributed by atoms with Crippen LogP contribution in [0.4, 0.5) is 0 Å². The van der Waals surface area contributed by atoms with Crippen molar-refractivity contribution in [3.8, 4) is 0 Å². The molecule has 1 heterocycles. The van der Waals surface area contributed by atoms with Crippen LogP contribution in [-0.2, 0) is 12.3 Å². The molecule has 0 aliphatic carbocycles. The Morgan fingerprint density at radius 2 is 2.13 bits per heavy atom. The second kappa shape index (κ2) is 10.1. The van der Waals surface area contributed by atoms with Crippen molar-refractivity contribution in [1.29, 1.82) is 0 Å². The number of rotatable bonds is 11. The van der Waals surface area contributed by atoms with E-state index >= 15 is 0 Å². The summed E-state index contributed by atoms with van der Waals surface area (Å²) in [6.07, 6.45) is 0. The molecule has 0 saturated carbocycles. The van der Waals surface area contributed by atoms with E-state index in [9.17, 15) is 10.1 Å². The highest BCUT2D eigenvalue weighted by atomic mass is 32.2. The van der Waals surface area contributed by atoms with E-state index in [1.54, 1.807) is 18.8 Å². The highest BCUT2D eigenvalue weighted by molar-refractivity contribution is 7.98. The summed E-state index contributed by atoms with van der Waals surface area (Å²) in [5.41, 5.74) is -0.267. The van der Waals surface area contributed by atoms with Crippen molar-refractivity contribution in [3.63, 3.8) is 0 Å². The molecule has 0 spiro atoms. The standard InChI is InChI=1S/C14H24N4O4S/c1-15-14(13(9-19)18(20)21)16-6-7-23-10-12-5-4-11(22-12)8-17(2)3/h4-5,15-16,19H,6-10H2,1-3H3. The lowest BCUT2D eigenvalue weighted by molar-refractivity contribution is -0.431. The minimum absolute atomic E-state index is 0.240. The molecule has 0 aromatic carbocycles. The summed E-state index contributed by atoms with van der Waals surface area (Å²) in [7, 11) is 5.55. The summed E-state index contributed by atoms with van der Waals surface area (Å²) in [5, 5.41) is 25.4. The maximum absolute atomic E-state index is 10.8. The van der Waals surface area contributed by atoms with Crippen molar-refractivity contribution in [2.45, 2.75) is 12.3 Å². The minimum Gasteiger partial charge on any atom is -0.464 e. The first-order valence-corrected chi connectivity index (χ1v) is 8.33. The van der Waals surface area contributed by atoms with Gasteiger partial charge in [-0.15, -0.1) is 0 Å². The third-order valence-corrected chi connectivity index (χ3v) is 3.87. The summed E-state index contributed by atoms with van der Waals surface area (Å²) in [5.74, 6) is 3.59. The first kappa shape index (κ1) is 19.3. The first-order valence-electron chi connectivity index (χ1n) is 7.18. The average Bonchev–Trinajstić information content (AvgIpc) is 2.92. The van der Waals surface area contributed by atoms with E-state index in [0.717, 1.165) is 29.6 Å². The highest BCUT2D eigenvalue weighted by Crippen LogP contribution is 2.16. The smallest absolute Gasteiger partial charge is 0.310 e. The van der Waals surface area contributed by atoms with Crippen LogP contribution in [0.3, 0.4) is 0 Å². The zero-order chi connectivity index (χ0) is 17.2. The number of thioether (sulfide) groups is 1. The molecule has 0 amide bonds. The van der Waals surface area contributed by atoms with E-state index in [0.29, 0.717) is 6.54 Å². The van der Waals surface area contributed by atoms with Gasteiger partial charge < -0.3 is 25.1 Å². The van der Waals surface area contributed by atoms with Crippen LogP contribution in [0.2, 0.25) is 0 Å². The lowest BCUT2D eigenvalue weighted by Gasteiger charge is -2.10. The highest BCUT2D eigenvalue weighted by Gasteiger charge is 2.16. The zero-order valence-corrected chi connectivity index (χ0v) is 14.5. The van der Waals surface area contributed by atoms with Crippen LogP contribution < -0.4 is 10.6 Å². The Labute approximate surface area is 140 Å². The molecule has 9 heteroatoms. The molecule has 0 unspecified atom stereocenters. The van der Waals surface area contributed by atoms with Crippen LogP contribution in [0.5, 0.6) is 0 Å². The fourth-order valence-electron chi connectivity index (χ4n) is 1.88. The van der Waals surface area contributed by atoms with Gasteiger partial charge in [-0.1, -0.05) is 0 Å². The van der Waals surface area contributed by atoms with E-state index in [1.807, 2.05) is 31.1 Å². The molecule has 0 aliphatic rings. The number of nitrogens with one attached hydrogen (secondary N) is 2. The van der Waals surface area contributed by atoms with E-state index in [-0.39, 0.29) is 11.5 Å². The molecule has 1 rings (SSSR count). The summed E-state index contributed by atoms with van der Waals surface area (Å²) in [6, 6.07) is 3.94. The van der Waals surface area contributed by atoms with E-state index in [4.69, 9.17) is 9.52 Å². The molecule has 0 radical (unpaired) electrons. The van der Waals surface area contributed by atoms with Gasteiger partial charge in [0.25, 0.3) is 0 Å². The van der Waals surface area contributed by atoms with Gasteiger partial charge in [0.1, 0.15) is 18.1 Å². The third kappa shape index (κ3) is 6.93. The van der Waals surface area contributed by atoms with Crippen LogP contribution in [0.15, 0.2) is 28.1 Å². The van der Waals surface area contributed by atoms with Crippen molar-refractivity contribution in [2.24, 2.45) is 0 Å². The van der Waals surface area contributed by atoms with E-state index in [2.05, 4.69) is 10.6 Å². The Balaban J connectivity index is 2.34. The molecule has 1 aromatic heterocycles. The molecule has 0 fully saturated rings. The first-order chi connectivity index (χ1) is 11.0. The van der Waals surface area contributed by atoms with Gasteiger partial charge in [-0.25, -0.2) is 0 Å². The maximum atomic E-state index is 10.8. The molecule has 0 bridgehead atoms. The molecule has 130 valence electrons. The Hall–Kier alpha value is -1.71. The topological polar surface area (TPSA) is 104 Å². The number of aliphatic hydroxyl groups is 1. The molecular weight excluding hydrogens is 320 g/mol. The van der Waals surface area contributed by atoms with Crippen molar-refractivity contribution in [3.05, 3.63) is 45.3 Å². The van der Waals surface area contributed by atoms with Crippen LogP contribution in [-0.4, -0.2) is 55.0 Å². The summed E-state index contributed by atoms with van der Waals surface area (Å²) >= 11 is 1.67. The van der Waals surface area contributed by atoms with Gasteiger partial charge in [-0.05, 0) is 26.2 Å². The minimum atomic E-state index is -0.621. The molecule has 3 N–H and O–H groups in total. The van der Waals surface area contributed by atoms with Gasteiger partial charge in [0.15, 0.2) is 5.82 Å². The molecular formula is C14H24N4O4S. The normalized spacial score (nSPS) is 12.2. The molecule has 0 saturated heterocycles. The van der Waals surface area contributed by atoms with E-state index < -0.39 is 11.5 Å². The monoisotopic (exact) mass is 344 g/mol. The van der Waals surface area contributed by atoms with Crippen LogP contribution >= 0.6 is 11.8 Å². The van der Waals surface area contributed by atoms with Crippen molar-refractivity contribution in [1.82, 2.24) is 15.5 Å². The number of aliphatic hydroxyl groups excluding tert-OH is 1. The molecule has 8 nitrogen and oxygen atoms in total. The Bertz CT molecular complexity index is 531. The van der Waals surface area contributed by atoms with Crippen molar-refractivity contribution < 1.29 is 14.4 Å². The van der Waals surface area contributed by atoms with Gasteiger partial charge in [-0.2, -0.15) is 11.8 Å². The predicted molar refractivity (Wildman–Crippen MR) is 90.4 cm³/mol. The predicted octanol–water partition coefficient (Wildman–Crippen LogP) is 0.822. The van der Waals surface area contributed by atoms with Crippen molar-refractivity contribution >= 4 is 11.8 Å². The van der Waals surface area contributed by atoms with Gasteiger partial charge >= 0.3 is 5.70 Å². The maximum Gasteiger partial charge on any atom is 0.310 e. The lowest BCUT2D eigenvalue weighted by atomic mass is 10.4. The average molecular weight is 344 g/mol. The number of hydrogen-bond acceptors (Lipinski definition) is 8. The van der Waals surface area contributed by atoms with Crippen LogP contribution in [0.1, 0.15) is 11.5 Å². The molecule has 1 aromatic rings. The van der Waals surface area contributed by atoms with Gasteiger partial charge in [-0.3, -0.25) is 10.1 Å². The number of hydrogen-bond donors (Lipinski definition) is 3. The SMILES string of the molecule is CNC(NCCSCc1ccc(CN(C)C)o1)=C(CO)[N+](=O)[O-]. The molecule has 0 atom stereocenters. The Morgan fingerprint density at radius 3 is 2.70 bits per heavy atom. The Kier molecular flexibility index (Phi) is 8.52. The van der Waals surface area contributed by atoms with Gasteiger partial charge in [0, 0.05) is 19.3 Å². The summed E-state index contributed by atoms with van der Waals surface area (Å²) in [6.45, 7) is 0.696. The van der Waals surface area contributed by atoms with Crippen LogP contribution in [0, 0.1) is 10.1 Å². The second-order valence-corrected chi connectivity index (χ2v) is 6.18. The van der Waals surface area contributed by atoms with Gasteiger partial charge in [0.05, 0.1) is 17.2 Å². The number of nitro groups is 1. The fourth-order valence-corrected chi connectivity index (χ4v) is 2.63. The zero-order valence-electron chi connectivity index (χ0n) is 13.7. The lowest BCUT2D eigenvalue weighted by Crippen LogP contribution is -2.30. The van der Waals surface area contributed by atoms with E-state index in [1.165, 1.54) is 0 Å². The molecule has 0 aliphatic heterocycles.